The van der Waals surface area contributed by atoms with Crippen molar-refractivity contribution in [3.63, 3.8) is 0 Å². The van der Waals surface area contributed by atoms with E-state index in [2.05, 4.69) is 15.6 Å². The maximum absolute atomic E-state index is 12.7. The second kappa shape index (κ2) is 8.49. The van der Waals surface area contributed by atoms with Crippen molar-refractivity contribution >= 4 is 23.2 Å². The molecule has 0 atom stereocenters. The zero-order chi connectivity index (χ0) is 18.4. The molecule has 0 radical (unpaired) electrons. The van der Waals surface area contributed by atoms with Crippen LogP contribution in [0.3, 0.4) is 0 Å². The number of carbonyl (C=O) groups excluding carboxylic acids is 1. The Labute approximate surface area is 157 Å². The standard InChI is InChI=1S/C19H22ClN3O3/c1-25-19(6-9-21-10-7-19)18(24)23-15-4-5-17(16(20)11-15)26-13-14-3-2-8-22-12-14/h2-5,8,11-12,21H,6-7,9-10,13H2,1H3,(H,23,24). The average molecular weight is 376 g/mol. The molecule has 3 rings (SSSR count). The smallest absolute Gasteiger partial charge is 0.256 e. The van der Waals surface area contributed by atoms with Crippen LogP contribution in [-0.2, 0) is 16.1 Å². The van der Waals surface area contributed by atoms with Crippen LogP contribution in [0.25, 0.3) is 0 Å². The summed E-state index contributed by atoms with van der Waals surface area (Å²) < 4.78 is 11.3. The summed E-state index contributed by atoms with van der Waals surface area (Å²) in [5.41, 5.74) is 0.769. The number of nitrogens with zero attached hydrogens (tertiary/aromatic N) is 1. The van der Waals surface area contributed by atoms with E-state index < -0.39 is 5.60 Å². The number of benzene rings is 1. The lowest BCUT2D eigenvalue weighted by Crippen LogP contribution is -2.51. The van der Waals surface area contributed by atoms with Gasteiger partial charge in [-0.3, -0.25) is 9.78 Å². The molecular formula is C19H22ClN3O3. The van der Waals surface area contributed by atoms with Gasteiger partial charge in [-0.1, -0.05) is 17.7 Å². The quantitative estimate of drug-likeness (QED) is 0.812. The molecule has 1 aromatic heterocycles. The molecule has 2 heterocycles. The minimum absolute atomic E-state index is 0.151. The predicted octanol–water partition coefficient (Wildman–Crippen LogP) is 3.02. The number of hydrogen-bond donors (Lipinski definition) is 2. The molecule has 0 aliphatic carbocycles. The Hall–Kier alpha value is -2.15. The number of pyridine rings is 1. The molecule has 2 N–H and O–H groups in total. The van der Waals surface area contributed by atoms with E-state index in [0.717, 1.165) is 18.7 Å². The van der Waals surface area contributed by atoms with Crippen LogP contribution in [0.4, 0.5) is 5.69 Å². The predicted molar refractivity (Wildman–Crippen MR) is 100 cm³/mol. The van der Waals surface area contributed by atoms with E-state index in [1.54, 1.807) is 37.7 Å². The highest BCUT2D eigenvalue weighted by Gasteiger charge is 2.39. The van der Waals surface area contributed by atoms with Gasteiger partial charge in [-0.2, -0.15) is 0 Å². The third-order valence-corrected chi connectivity index (χ3v) is 4.82. The molecule has 26 heavy (non-hydrogen) atoms. The van der Waals surface area contributed by atoms with Gasteiger partial charge in [0.05, 0.1) is 5.02 Å². The fraction of sp³-hybridized carbons (Fsp3) is 0.368. The summed E-state index contributed by atoms with van der Waals surface area (Å²) >= 11 is 6.30. The molecule has 7 heteroatoms. The van der Waals surface area contributed by atoms with E-state index in [4.69, 9.17) is 21.1 Å². The Kier molecular flexibility index (Phi) is 6.08. The number of aromatic nitrogens is 1. The summed E-state index contributed by atoms with van der Waals surface area (Å²) in [6.07, 6.45) is 4.72. The number of rotatable bonds is 6. The van der Waals surface area contributed by atoms with E-state index in [0.29, 0.717) is 35.9 Å². The molecule has 1 aliphatic heterocycles. The van der Waals surface area contributed by atoms with Crippen molar-refractivity contribution in [2.45, 2.75) is 25.0 Å². The molecule has 1 fully saturated rings. The number of nitrogens with one attached hydrogen (secondary N) is 2. The summed E-state index contributed by atoms with van der Waals surface area (Å²) in [5, 5.41) is 6.57. The molecule has 0 bridgehead atoms. The lowest BCUT2D eigenvalue weighted by atomic mass is 9.91. The molecule has 6 nitrogen and oxygen atoms in total. The zero-order valence-corrected chi connectivity index (χ0v) is 15.4. The second-order valence-corrected chi connectivity index (χ2v) is 6.60. The SMILES string of the molecule is COC1(C(=O)Nc2ccc(OCc3cccnc3)c(Cl)c2)CCNCC1. The van der Waals surface area contributed by atoms with Gasteiger partial charge in [0.2, 0.25) is 0 Å². The highest BCUT2D eigenvalue weighted by Crippen LogP contribution is 2.30. The molecule has 1 amide bonds. The van der Waals surface area contributed by atoms with Gasteiger partial charge in [0.25, 0.3) is 5.91 Å². The van der Waals surface area contributed by atoms with Crippen molar-refractivity contribution in [2.24, 2.45) is 0 Å². The molecular weight excluding hydrogens is 354 g/mol. The molecule has 138 valence electrons. The number of methoxy groups -OCH3 is 1. The van der Waals surface area contributed by atoms with E-state index >= 15 is 0 Å². The summed E-state index contributed by atoms with van der Waals surface area (Å²) in [5.74, 6) is 0.401. The van der Waals surface area contributed by atoms with Gasteiger partial charge in [-0.15, -0.1) is 0 Å². The van der Waals surface area contributed by atoms with E-state index in [1.807, 2.05) is 12.1 Å². The van der Waals surface area contributed by atoms with Crippen LogP contribution >= 0.6 is 11.6 Å². The Morgan fingerprint density at radius 2 is 2.15 bits per heavy atom. The fourth-order valence-electron chi connectivity index (χ4n) is 2.94. The normalized spacial score (nSPS) is 16.1. The van der Waals surface area contributed by atoms with E-state index in [9.17, 15) is 4.79 Å². The largest absolute Gasteiger partial charge is 0.487 e. The van der Waals surface area contributed by atoms with Gasteiger partial charge >= 0.3 is 0 Å². The maximum Gasteiger partial charge on any atom is 0.256 e. The van der Waals surface area contributed by atoms with Gasteiger partial charge in [0.15, 0.2) is 0 Å². The Morgan fingerprint density at radius 3 is 2.81 bits per heavy atom. The fourth-order valence-corrected chi connectivity index (χ4v) is 3.17. The number of hydrogen-bond acceptors (Lipinski definition) is 5. The first kappa shape index (κ1) is 18.6. The first-order valence-corrected chi connectivity index (χ1v) is 8.89. The lowest BCUT2D eigenvalue weighted by molar-refractivity contribution is -0.140. The van der Waals surface area contributed by atoms with Crippen molar-refractivity contribution in [1.82, 2.24) is 10.3 Å². The number of carbonyl (C=O) groups is 1. The zero-order valence-electron chi connectivity index (χ0n) is 14.6. The molecule has 0 spiro atoms. The highest BCUT2D eigenvalue weighted by atomic mass is 35.5. The minimum Gasteiger partial charge on any atom is -0.487 e. The van der Waals surface area contributed by atoms with Crippen molar-refractivity contribution < 1.29 is 14.3 Å². The second-order valence-electron chi connectivity index (χ2n) is 6.20. The first-order valence-electron chi connectivity index (χ1n) is 8.51. The minimum atomic E-state index is -0.798. The van der Waals surface area contributed by atoms with Crippen molar-refractivity contribution in [2.75, 3.05) is 25.5 Å². The van der Waals surface area contributed by atoms with Crippen LogP contribution in [0, 0.1) is 0 Å². The van der Waals surface area contributed by atoms with Crippen molar-refractivity contribution in [1.29, 1.82) is 0 Å². The van der Waals surface area contributed by atoms with Crippen LogP contribution in [0.15, 0.2) is 42.7 Å². The summed E-state index contributed by atoms with van der Waals surface area (Å²) in [6.45, 7) is 1.88. The van der Waals surface area contributed by atoms with E-state index in [-0.39, 0.29) is 5.91 Å². The topological polar surface area (TPSA) is 72.5 Å². The molecule has 0 unspecified atom stereocenters. The Morgan fingerprint density at radius 1 is 1.35 bits per heavy atom. The Bertz CT molecular complexity index is 749. The van der Waals surface area contributed by atoms with Crippen LogP contribution in [0.5, 0.6) is 5.75 Å². The number of amides is 1. The number of halogens is 1. The molecule has 2 aromatic rings. The third kappa shape index (κ3) is 4.33. The first-order chi connectivity index (χ1) is 12.6. The van der Waals surface area contributed by atoms with Gasteiger partial charge in [-0.25, -0.2) is 0 Å². The summed E-state index contributed by atoms with van der Waals surface area (Å²) in [6, 6.07) is 8.98. The van der Waals surface area contributed by atoms with Crippen molar-refractivity contribution in [3.05, 3.63) is 53.3 Å². The van der Waals surface area contributed by atoms with Crippen molar-refractivity contribution in [3.8, 4) is 5.75 Å². The van der Waals surface area contributed by atoms with E-state index in [1.165, 1.54) is 0 Å². The van der Waals surface area contributed by atoms with Crippen LogP contribution < -0.4 is 15.4 Å². The molecule has 1 aliphatic rings. The summed E-state index contributed by atoms with van der Waals surface area (Å²) in [7, 11) is 1.58. The van der Waals surface area contributed by atoms with Crippen LogP contribution in [-0.4, -0.2) is 36.7 Å². The lowest BCUT2D eigenvalue weighted by Gasteiger charge is -2.34. The molecule has 1 saturated heterocycles. The maximum atomic E-state index is 12.7. The van der Waals surface area contributed by atoms with Gasteiger partial charge in [-0.05, 0) is 50.2 Å². The number of ether oxygens (including phenoxy) is 2. The number of anilines is 1. The van der Waals surface area contributed by atoms with Gasteiger partial charge < -0.3 is 20.1 Å². The Balaban J connectivity index is 1.64. The van der Waals surface area contributed by atoms with Crippen LogP contribution in [0.1, 0.15) is 18.4 Å². The average Bonchev–Trinajstić information content (AvgIpc) is 2.68. The number of piperidine rings is 1. The third-order valence-electron chi connectivity index (χ3n) is 4.52. The van der Waals surface area contributed by atoms with Gasteiger partial charge in [0.1, 0.15) is 18.0 Å². The molecule has 0 saturated carbocycles. The van der Waals surface area contributed by atoms with Crippen LogP contribution in [0.2, 0.25) is 5.02 Å². The monoisotopic (exact) mass is 375 g/mol. The summed E-state index contributed by atoms with van der Waals surface area (Å²) in [4.78, 5) is 16.7. The molecule has 1 aromatic carbocycles. The highest BCUT2D eigenvalue weighted by molar-refractivity contribution is 6.32. The van der Waals surface area contributed by atoms with Gasteiger partial charge in [0, 0.05) is 30.8 Å².